The Morgan fingerprint density at radius 3 is 1.09 bits per heavy atom. The molecular weight excluding hydrogens is 813 g/mol. The van der Waals surface area contributed by atoms with Crippen LogP contribution in [0.15, 0.2) is 134 Å². The molecule has 1 unspecified atom stereocenters. The Bertz CT molecular complexity index is 1400. The van der Waals surface area contributed by atoms with Crippen LogP contribution in [0.2, 0.25) is 0 Å². The highest BCUT2D eigenvalue weighted by Crippen LogP contribution is 2.12. The van der Waals surface area contributed by atoms with Crippen molar-refractivity contribution in [2.45, 2.75) is 219 Å². The molecule has 0 radical (unpaired) electrons. The summed E-state index contributed by atoms with van der Waals surface area (Å²) in [5.74, 6) is -0.479. The summed E-state index contributed by atoms with van der Waals surface area (Å²) in [6.45, 7) is 7.32. The van der Waals surface area contributed by atoms with Crippen LogP contribution in [0.5, 0.6) is 0 Å². The molecule has 0 aromatic rings. The van der Waals surface area contributed by atoms with E-state index in [9.17, 15) is 9.59 Å². The van der Waals surface area contributed by atoms with E-state index in [1.165, 1.54) is 57.8 Å². The SMILES string of the molecule is CC/C=C\C/C=C\C/C=C\C/C=C\C/C=C\CCOCC(COC(=O)CCCCCCCC/C=C\C/C=C\C/C=C\C/C=C\CC)OC(=O)CCCCCCC/C=C\C/C=C\CCCCC. The average Bonchev–Trinajstić information content (AvgIpc) is 3.32. The summed E-state index contributed by atoms with van der Waals surface area (Å²) in [5, 5.41) is 0. The first-order valence-electron chi connectivity index (χ1n) is 26.7. The first-order valence-corrected chi connectivity index (χ1v) is 26.7. The Kier molecular flexibility index (Phi) is 52.0. The second-order valence-corrected chi connectivity index (χ2v) is 17.0. The van der Waals surface area contributed by atoms with Crippen molar-refractivity contribution in [3.8, 4) is 0 Å². The predicted octanol–water partition coefficient (Wildman–Crippen LogP) is 18.3. The van der Waals surface area contributed by atoms with E-state index in [0.717, 1.165) is 122 Å². The van der Waals surface area contributed by atoms with E-state index in [2.05, 4.69) is 154 Å². The van der Waals surface area contributed by atoms with Crippen molar-refractivity contribution in [1.82, 2.24) is 0 Å². The van der Waals surface area contributed by atoms with Gasteiger partial charge in [0.15, 0.2) is 6.10 Å². The van der Waals surface area contributed by atoms with Gasteiger partial charge in [-0.1, -0.05) is 212 Å². The lowest BCUT2D eigenvalue weighted by molar-refractivity contribution is -0.162. The van der Waals surface area contributed by atoms with Gasteiger partial charge >= 0.3 is 11.9 Å². The predicted molar refractivity (Wildman–Crippen MR) is 288 cm³/mol. The number of carbonyl (C=O) groups is 2. The number of hydrogen-bond acceptors (Lipinski definition) is 5. The number of allylic oxidation sites excluding steroid dienone is 21. The van der Waals surface area contributed by atoms with Crippen LogP contribution in [-0.4, -0.2) is 37.9 Å². The molecule has 0 rings (SSSR count). The van der Waals surface area contributed by atoms with Gasteiger partial charge in [0, 0.05) is 12.8 Å². The molecule has 5 heteroatoms. The molecule has 0 heterocycles. The van der Waals surface area contributed by atoms with Gasteiger partial charge in [0.25, 0.3) is 0 Å². The maximum atomic E-state index is 12.8. The monoisotopic (exact) mass is 911 g/mol. The van der Waals surface area contributed by atoms with E-state index >= 15 is 0 Å². The molecule has 0 aliphatic carbocycles. The number of esters is 2. The minimum Gasteiger partial charge on any atom is -0.462 e. The first-order chi connectivity index (χ1) is 32.6. The topological polar surface area (TPSA) is 61.8 Å². The summed E-state index contributed by atoms with van der Waals surface area (Å²) >= 11 is 0. The lowest BCUT2D eigenvalue weighted by atomic mass is 10.1. The lowest BCUT2D eigenvalue weighted by Crippen LogP contribution is -2.30. The van der Waals surface area contributed by atoms with Crippen LogP contribution in [0.3, 0.4) is 0 Å². The first kappa shape index (κ1) is 62.0. The van der Waals surface area contributed by atoms with Crippen molar-refractivity contribution in [3.05, 3.63) is 134 Å². The van der Waals surface area contributed by atoms with Crippen molar-refractivity contribution in [1.29, 1.82) is 0 Å². The molecule has 0 aromatic heterocycles. The molecule has 0 N–H and O–H groups in total. The minimum atomic E-state index is -0.599. The summed E-state index contributed by atoms with van der Waals surface area (Å²) < 4.78 is 17.3. The molecule has 0 saturated heterocycles. The van der Waals surface area contributed by atoms with Gasteiger partial charge in [-0.05, 0) is 122 Å². The van der Waals surface area contributed by atoms with Crippen LogP contribution in [0.1, 0.15) is 213 Å². The molecule has 0 saturated carbocycles. The van der Waals surface area contributed by atoms with E-state index in [-0.39, 0.29) is 25.2 Å². The van der Waals surface area contributed by atoms with E-state index < -0.39 is 6.10 Å². The number of unbranched alkanes of at least 4 members (excludes halogenated alkanes) is 14. The molecule has 5 nitrogen and oxygen atoms in total. The summed E-state index contributed by atoms with van der Waals surface area (Å²) in [6, 6.07) is 0. The largest absolute Gasteiger partial charge is 0.462 e. The van der Waals surface area contributed by atoms with Crippen LogP contribution < -0.4 is 0 Å². The van der Waals surface area contributed by atoms with Crippen LogP contribution in [-0.2, 0) is 23.8 Å². The molecule has 0 spiro atoms. The van der Waals surface area contributed by atoms with Crippen LogP contribution >= 0.6 is 0 Å². The van der Waals surface area contributed by atoms with Gasteiger partial charge in [0.05, 0.1) is 13.2 Å². The molecule has 0 fully saturated rings. The quantitative estimate of drug-likeness (QED) is 0.0346. The molecule has 0 aliphatic heterocycles. The van der Waals surface area contributed by atoms with Crippen molar-refractivity contribution >= 4 is 11.9 Å². The summed E-state index contributed by atoms with van der Waals surface area (Å²) in [6.07, 6.45) is 79.1. The third kappa shape index (κ3) is 52.7. The minimum absolute atomic E-state index is 0.0334. The summed E-state index contributed by atoms with van der Waals surface area (Å²) in [4.78, 5) is 25.4. The Morgan fingerprint density at radius 1 is 0.348 bits per heavy atom. The van der Waals surface area contributed by atoms with Crippen LogP contribution in [0.4, 0.5) is 0 Å². The van der Waals surface area contributed by atoms with Gasteiger partial charge in [-0.2, -0.15) is 0 Å². The highest BCUT2D eigenvalue weighted by atomic mass is 16.6. The van der Waals surface area contributed by atoms with Crippen molar-refractivity contribution in [2.24, 2.45) is 0 Å². The van der Waals surface area contributed by atoms with Gasteiger partial charge < -0.3 is 14.2 Å². The second kappa shape index (κ2) is 55.4. The highest BCUT2D eigenvalue weighted by Gasteiger charge is 2.17. The zero-order valence-electron chi connectivity index (χ0n) is 42.7. The lowest BCUT2D eigenvalue weighted by Gasteiger charge is -2.18. The van der Waals surface area contributed by atoms with Gasteiger partial charge in [-0.15, -0.1) is 0 Å². The van der Waals surface area contributed by atoms with Crippen LogP contribution in [0, 0.1) is 0 Å². The van der Waals surface area contributed by atoms with Crippen LogP contribution in [0.25, 0.3) is 0 Å². The van der Waals surface area contributed by atoms with E-state index in [4.69, 9.17) is 14.2 Å². The number of ether oxygens (including phenoxy) is 3. The normalized spacial score (nSPS) is 13.3. The molecule has 0 amide bonds. The van der Waals surface area contributed by atoms with Gasteiger partial charge in [0.1, 0.15) is 6.61 Å². The fraction of sp³-hybridized carbons (Fsp3) is 0.607. The maximum Gasteiger partial charge on any atom is 0.306 e. The number of carbonyl (C=O) groups excluding carboxylic acids is 2. The van der Waals surface area contributed by atoms with Crippen molar-refractivity contribution < 1.29 is 23.8 Å². The number of rotatable bonds is 47. The zero-order valence-corrected chi connectivity index (χ0v) is 42.7. The molecule has 0 aliphatic rings. The summed E-state index contributed by atoms with van der Waals surface area (Å²) in [5.41, 5.74) is 0. The Balaban J connectivity index is 4.45. The smallest absolute Gasteiger partial charge is 0.306 e. The Labute approximate surface area is 407 Å². The Morgan fingerprint density at radius 2 is 0.682 bits per heavy atom. The highest BCUT2D eigenvalue weighted by molar-refractivity contribution is 5.70. The zero-order chi connectivity index (χ0) is 47.7. The standard InChI is InChI=1S/C61H98O5/c1-4-7-10-13-16-19-22-25-28-30-31-32-34-36-39-42-45-48-51-54-60(62)65-58-59(57-64-56-53-50-47-44-41-38-35-29-26-23-20-17-14-11-8-5-2)66-61(63)55-52-49-46-43-40-37-33-27-24-21-18-15-12-9-6-3/h7-8,10-11,16-21,25-29,31-33,38,41,47,50,59H,4-6,9,12-15,22-24,30,34-37,39-40,42-46,48-49,51-58H2,1-3H3/b10-7-,11-8-,19-16-,20-17-,21-18-,28-25-,29-26-,32-31-,33-27-,41-38-,50-47-. The third-order valence-corrected chi connectivity index (χ3v) is 10.7. The molecule has 0 aromatic carbocycles. The van der Waals surface area contributed by atoms with Gasteiger partial charge in [0.2, 0.25) is 0 Å². The molecule has 372 valence electrons. The van der Waals surface area contributed by atoms with E-state index in [1.54, 1.807) is 0 Å². The summed E-state index contributed by atoms with van der Waals surface area (Å²) in [7, 11) is 0. The maximum absolute atomic E-state index is 12.8. The van der Waals surface area contributed by atoms with Gasteiger partial charge in [-0.25, -0.2) is 0 Å². The van der Waals surface area contributed by atoms with E-state index in [1.807, 2.05) is 0 Å². The average molecular weight is 911 g/mol. The third-order valence-electron chi connectivity index (χ3n) is 10.7. The van der Waals surface area contributed by atoms with Crippen molar-refractivity contribution in [3.63, 3.8) is 0 Å². The molecule has 0 bridgehead atoms. The Hall–Kier alpha value is -3.96. The number of hydrogen-bond donors (Lipinski definition) is 0. The van der Waals surface area contributed by atoms with E-state index in [0.29, 0.717) is 19.4 Å². The molecule has 66 heavy (non-hydrogen) atoms. The fourth-order valence-corrected chi connectivity index (χ4v) is 6.77. The molecule has 1 atom stereocenters. The second-order valence-electron chi connectivity index (χ2n) is 17.0. The van der Waals surface area contributed by atoms with Crippen molar-refractivity contribution in [2.75, 3.05) is 19.8 Å². The fourth-order valence-electron chi connectivity index (χ4n) is 6.77. The molecular formula is C61H98O5. The van der Waals surface area contributed by atoms with Gasteiger partial charge in [-0.3, -0.25) is 9.59 Å².